The number of benzene rings is 4. The van der Waals surface area contributed by atoms with Gasteiger partial charge in [0, 0.05) is 15.6 Å². The van der Waals surface area contributed by atoms with Crippen LogP contribution in [-0.4, -0.2) is 23.0 Å². The van der Waals surface area contributed by atoms with Crippen LogP contribution >= 0.6 is 15.9 Å². The van der Waals surface area contributed by atoms with Crippen molar-refractivity contribution in [3.63, 3.8) is 0 Å². The lowest BCUT2D eigenvalue weighted by Gasteiger charge is -2.13. The van der Waals surface area contributed by atoms with Gasteiger partial charge in [0.1, 0.15) is 12.4 Å². The molecule has 4 aromatic carbocycles. The van der Waals surface area contributed by atoms with E-state index in [1.54, 1.807) is 48.5 Å². The second kappa shape index (κ2) is 11.5. The average Bonchev–Trinajstić information content (AvgIpc) is 2.96. The molecule has 0 aliphatic rings. The van der Waals surface area contributed by atoms with Crippen molar-refractivity contribution in [3.8, 4) is 22.9 Å². The Bertz CT molecular complexity index is 1840. The molecule has 6 nitrogen and oxygen atoms in total. The number of nitrogens with zero attached hydrogens (tertiary/aromatic N) is 3. The molecule has 0 amide bonds. The minimum absolute atomic E-state index is 0.0609. The van der Waals surface area contributed by atoms with E-state index in [9.17, 15) is 22.4 Å². The molecule has 0 saturated heterocycles. The number of hydrogen-bond donors (Lipinski definition) is 0. The maximum Gasteiger partial charge on any atom is 0.416 e. The fraction of sp³-hybridized carbons (Fsp3) is 0.100. The molecule has 5 rings (SSSR count). The normalized spacial score (nSPS) is 11.8. The van der Waals surface area contributed by atoms with Gasteiger partial charge in [-0.05, 0) is 70.0 Å². The molecule has 41 heavy (non-hydrogen) atoms. The van der Waals surface area contributed by atoms with Crippen molar-refractivity contribution in [2.45, 2.75) is 12.8 Å². The summed E-state index contributed by atoms with van der Waals surface area (Å²) in [5.74, 6) is 0.269. The van der Waals surface area contributed by atoms with Gasteiger partial charge in [0.15, 0.2) is 17.3 Å². The van der Waals surface area contributed by atoms with Gasteiger partial charge in [0.25, 0.3) is 5.56 Å². The Kier molecular flexibility index (Phi) is 7.89. The number of halogens is 5. The molecule has 0 atom stereocenters. The van der Waals surface area contributed by atoms with Crippen LogP contribution in [0.4, 0.5) is 17.6 Å². The van der Waals surface area contributed by atoms with Gasteiger partial charge in [0.2, 0.25) is 0 Å². The number of methoxy groups -OCH3 is 1. The van der Waals surface area contributed by atoms with Crippen LogP contribution in [0.25, 0.3) is 22.3 Å². The number of rotatable bonds is 7. The van der Waals surface area contributed by atoms with Gasteiger partial charge in [-0.25, -0.2) is 9.37 Å². The molecular weight excluding hydrogens is 606 g/mol. The summed E-state index contributed by atoms with van der Waals surface area (Å²) in [5.41, 5.74) is 0.0531. The summed E-state index contributed by atoms with van der Waals surface area (Å²) in [4.78, 5) is 17.9. The predicted molar refractivity (Wildman–Crippen MR) is 151 cm³/mol. The van der Waals surface area contributed by atoms with Crippen LogP contribution in [0, 0.1) is 5.82 Å². The standard InChI is InChI=1S/C30H20BrF4N3O3/c1-40-26-14-20(24(31)15-27(26)41-17-18-6-4-9-22(32)12-18)16-36-38-28(19-7-5-8-21(13-19)30(33,34)35)37-25-11-3-2-10-23(25)29(38)39/h2-16H,17H2,1H3. The number of hydrogen-bond acceptors (Lipinski definition) is 5. The van der Waals surface area contributed by atoms with Gasteiger partial charge < -0.3 is 9.47 Å². The largest absolute Gasteiger partial charge is 0.493 e. The molecule has 5 aromatic rings. The Morgan fingerprint density at radius 1 is 0.976 bits per heavy atom. The highest BCUT2D eigenvalue weighted by Crippen LogP contribution is 2.34. The van der Waals surface area contributed by atoms with Gasteiger partial charge in [-0.2, -0.15) is 22.9 Å². The zero-order valence-corrected chi connectivity index (χ0v) is 22.9. The van der Waals surface area contributed by atoms with Crippen molar-refractivity contribution in [1.82, 2.24) is 9.66 Å². The van der Waals surface area contributed by atoms with Gasteiger partial charge in [-0.15, -0.1) is 0 Å². The number of alkyl halides is 3. The van der Waals surface area contributed by atoms with Crippen LogP contribution in [0.2, 0.25) is 0 Å². The highest BCUT2D eigenvalue weighted by molar-refractivity contribution is 9.10. The third kappa shape index (κ3) is 6.14. The molecule has 1 heterocycles. The summed E-state index contributed by atoms with van der Waals surface area (Å²) in [5, 5.41) is 4.58. The molecule has 0 radical (unpaired) electrons. The van der Waals surface area contributed by atoms with Crippen LogP contribution in [0.3, 0.4) is 0 Å². The van der Waals surface area contributed by atoms with Crippen LogP contribution in [0.15, 0.2) is 99.3 Å². The van der Waals surface area contributed by atoms with Crippen LogP contribution in [-0.2, 0) is 12.8 Å². The lowest BCUT2D eigenvalue weighted by Crippen LogP contribution is -2.20. The van der Waals surface area contributed by atoms with Crippen molar-refractivity contribution in [1.29, 1.82) is 0 Å². The van der Waals surface area contributed by atoms with Crippen molar-refractivity contribution in [2.24, 2.45) is 5.10 Å². The number of aromatic nitrogens is 2. The van der Waals surface area contributed by atoms with Gasteiger partial charge >= 0.3 is 6.18 Å². The first kappa shape index (κ1) is 28.0. The molecule has 0 N–H and O–H groups in total. The molecule has 0 saturated carbocycles. The Hall–Kier alpha value is -4.51. The second-order valence-electron chi connectivity index (χ2n) is 8.84. The van der Waals surface area contributed by atoms with E-state index in [1.165, 1.54) is 37.6 Å². The van der Waals surface area contributed by atoms with E-state index in [2.05, 4.69) is 26.0 Å². The van der Waals surface area contributed by atoms with E-state index in [0.717, 1.165) is 16.8 Å². The summed E-state index contributed by atoms with van der Waals surface area (Å²) in [7, 11) is 1.45. The van der Waals surface area contributed by atoms with Crippen molar-refractivity contribution in [2.75, 3.05) is 7.11 Å². The Morgan fingerprint density at radius 3 is 2.51 bits per heavy atom. The first-order valence-electron chi connectivity index (χ1n) is 12.1. The molecule has 0 unspecified atom stereocenters. The Balaban J connectivity index is 1.55. The van der Waals surface area contributed by atoms with Gasteiger partial charge in [-0.1, -0.05) is 36.4 Å². The van der Waals surface area contributed by atoms with E-state index in [4.69, 9.17) is 9.47 Å². The predicted octanol–water partition coefficient (Wildman–Crippen LogP) is 7.45. The van der Waals surface area contributed by atoms with E-state index in [0.29, 0.717) is 32.6 Å². The maximum absolute atomic E-state index is 13.5. The fourth-order valence-electron chi connectivity index (χ4n) is 4.08. The van der Waals surface area contributed by atoms with Gasteiger partial charge in [-0.3, -0.25) is 4.79 Å². The number of ether oxygens (including phenoxy) is 2. The zero-order valence-electron chi connectivity index (χ0n) is 21.3. The van der Waals surface area contributed by atoms with Crippen molar-refractivity contribution < 1.29 is 27.0 Å². The Labute approximate surface area is 239 Å². The third-order valence-electron chi connectivity index (χ3n) is 6.08. The number of para-hydroxylation sites is 1. The molecular formula is C30H20BrF4N3O3. The minimum atomic E-state index is -4.58. The van der Waals surface area contributed by atoms with Crippen molar-refractivity contribution >= 4 is 33.0 Å². The number of fused-ring (bicyclic) bond motifs is 1. The highest BCUT2D eigenvalue weighted by atomic mass is 79.9. The van der Waals surface area contributed by atoms with Crippen LogP contribution < -0.4 is 15.0 Å². The zero-order chi connectivity index (χ0) is 29.1. The molecule has 0 spiro atoms. The summed E-state index contributed by atoms with van der Waals surface area (Å²) >= 11 is 3.46. The smallest absolute Gasteiger partial charge is 0.416 e. The van der Waals surface area contributed by atoms with Crippen LogP contribution in [0.1, 0.15) is 16.7 Å². The van der Waals surface area contributed by atoms with E-state index >= 15 is 0 Å². The quantitative estimate of drug-likeness (QED) is 0.139. The molecule has 0 fully saturated rings. The monoisotopic (exact) mass is 625 g/mol. The topological polar surface area (TPSA) is 65.7 Å². The summed E-state index contributed by atoms with van der Waals surface area (Å²) in [6, 6.07) is 20.3. The van der Waals surface area contributed by atoms with E-state index in [1.807, 2.05) is 0 Å². The molecule has 0 bridgehead atoms. The molecule has 1 aromatic heterocycles. The highest BCUT2D eigenvalue weighted by Gasteiger charge is 2.31. The molecule has 208 valence electrons. The fourth-order valence-corrected chi connectivity index (χ4v) is 4.51. The summed E-state index contributed by atoms with van der Waals surface area (Å²) in [6.45, 7) is 0.0898. The Morgan fingerprint density at radius 2 is 1.76 bits per heavy atom. The van der Waals surface area contributed by atoms with Crippen LogP contribution in [0.5, 0.6) is 11.5 Å². The third-order valence-corrected chi connectivity index (χ3v) is 6.77. The van der Waals surface area contributed by atoms with Gasteiger partial charge in [0.05, 0.1) is 29.8 Å². The van der Waals surface area contributed by atoms with Crippen molar-refractivity contribution in [3.05, 3.63) is 122 Å². The molecule has 0 aliphatic carbocycles. The van der Waals surface area contributed by atoms with E-state index < -0.39 is 17.3 Å². The summed E-state index contributed by atoms with van der Waals surface area (Å²) in [6.07, 6.45) is -3.22. The first-order chi connectivity index (χ1) is 19.6. The first-order valence-corrected chi connectivity index (χ1v) is 12.9. The second-order valence-corrected chi connectivity index (χ2v) is 9.69. The molecule has 0 aliphatic heterocycles. The SMILES string of the molecule is COc1cc(C=Nn2c(-c3cccc(C(F)(F)F)c3)nc3ccccc3c2=O)c(Br)cc1OCc1cccc(F)c1. The molecule has 11 heteroatoms. The maximum atomic E-state index is 13.5. The minimum Gasteiger partial charge on any atom is -0.493 e. The lowest BCUT2D eigenvalue weighted by molar-refractivity contribution is -0.137. The van der Waals surface area contributed by atoms with E-state index in [-0.39, 0.29) is 29.2 Å². The average molecular weight is 626 g/mol. The lowest BCUT2D eigenvalue weighted by atomic mass is 10.1. The summed E-state index contributed by atoms with van der Waals surface area (Å²) < 4.78 is 66.6.